The molecule has 31 heavy (non-hydrogen) atoms. The number of furan rings is 1. The van der Waals surface area contributed by atoms with Gasteiger partial charge >= 0.3 is 0 Å². The molecule has 0 saturated carbocycles. The Bertz CT molecular complexity index is 1200. The maximum Gasteiger partial charge on any atom is 0.290 e. The van der Waals surface area contributed by atoms with Gasteiger partial charge in [0.25, 0.3) is 5.91 Å². The fourth-order valence-electron chi connectivity index (χ4n) is 3.16. The van der Waals surface area contributed by atoms with E-state index in [4.69, 9.17) is 32.0 Å². The van der Waals surface area contributed by atoms with Gasteiger partial charge in [-0.15, -0.1) is 10.2 Å². The predicted octanol–water partition coefficient (Wildman–Crippen LogP) is 6.36. The lowest BCUT2D eigenvalue weighted by Gasteiger charge is -2.18. The molecule has 2 aromatic carbocycles. The first-order chi connectivity index (χ1) is 15.1. The fraction of sp³-hybridized carbons (Fsp3) is 0.174. The van der Waals surface area contributed by atoms with Crippen molar-refractivity contribution in [3.8, 4) is 22.8 Å². The minimum atomic E-state index is -0.266. The third-order valence-corrected chi connectivity index (χ3v) is 5.29. The van der Waals surface area contributed by atoms with Crippen LogP contribution in [0.3, 0.4) is 0 Å². The lowest BCUT2D eigenvalue weighted by atomic mass is 10.2. The number of rotatable bonds is 7. The van der Waals surface area contributed by atoms with Crippen molar-refractivity contribution >= 4 is 29.1 Å². The quantitative estimate of drug-likeness (QED) is 0.324. The molecule has 0 bridgehead atoms. The van der Waals surface area contributed by atoms with Gasteiger partial charge in [0.2, 0.25) is 11.8 Å². The third kappa shape index (κ3) is 4.65. The lowest BCUT2D eigenvalue weighted by Crippen LogP contribution is -2.31. The molecule has 0 aliphatic carbocycles. The van der Waals surface area contributed by atoms with Crippen molar-refractivity contribution in [3.05, 3.63) is 82.4 Å². The van der Waals surface area contributed by atoms with Crippen LogP contribution in [0.15, 0.2) is 69.5 Å². The van der Waals surface area contributed by atoms with Gasteiger partial charge in [-0.05, 0) is 42.8 Å². The minimum absolute atomic E-state index is 0.159. The molecule has 2 aromatic heterocycles. The molecule has 1 amide bonds. The van der Waals surface area contributed by atoms with Crippen molar-refractivity contribution in [3.63, 3.8) is 0 Å². The highest BCUT2D eigenvalue weighted by Crippen LogP contribution is 2.30. The second kappa shape index (κ2) is 9.37. The molecule has 4 rings (SSSR count). The van der Waals surface area contributed by atoms with Gasteiger partial charge in [-0.2, -0.15) is 0 Å². The molecular weight excluding hydrogens is 437 g/mol. The molecule has 0 aliphatic rings. The second-order valence-electron chi connectivity index (χ2n) is 6.85. The van der Waals surface area contributed by atoms with Crippen molar-refractivity contribution in [2.24, 2.45) is 0 Å². The van der Waals surface area contributed by atoms with Gasteiger partial charge in [0.05, 0.1) is 22.2 Å². The zero-order chi connectivity index (χ0) is 21.8. The number of benzene rings is 2. The predicted molar refractivity (Wildman–Crippen MR) is 119 cm³/mol. The summed E-state index contributed by atoms with van der Waals surface area (Å²) in [5.41, 5.74) is 1.37. The molecule has 0 spiro atoms. The number of aromatic nitrogens is 2. The van der Waals surface area contributed by atoms with Gasteiger partial charge in [-0.3, -0.25) is 4.79 Å². The average Bonchev–Trinajstić information content (AvgIpc) is 3.44. The SMILES string of the molecule is CCCN(Cc1nnc(-c2ccccc2Cl)o1)C(=O)c1ccc(-c2ccccc2Cl)o1. The number of hydrogen-bond acceptors (Lipinski definition) is 5. The van der Waals surface area contributed by atoms with Crippen molar-refractivity contribution in [1.82, 2.24) is 15.1 Å². The molecule has 0 N–H and O–H groups in total. The fourth-order valence-corrected chi connectivity index (χ4v) is 3.61. The summed E-state index contributed by atoms with van der Waals surface area (Å²) in [6.45, 7) is 2.65. The van der Waals surface area contributed by atoms with Crippen LogP contribution in [0, 0.1) is 0 Å². The molecule has 8 heteroatoms. The van der Waals surface area contributed by atoms with Gasteiger partial charge in [0.15, 0.2) is 5.76 Å². The first kappa shape index (κ1) is 21.2. The number of carbonyl (C=O) groups is 1. The Labute approximate surface area is 189 Å². The summed E-state index contributed by atoms with van der Waals surface area (Å²) in [6, 6.07) is 17.9. The Morgan fingerprint density at radius 1 is 0.903 bits per heavy atom. The highest BCUT2D eigenvalue weighted by atomic mass is 35.5. The largest absolute Gasteiger partial charge is 0.451 e. The monoisotopic (exact) mass is 455 g/mol. The normalized spacial score (nSPS) is 10.9. The van der Waals surface area contributed by atoms with E-state index < -0.39 is 0 Å². The Kier molecular flexibility index (Phi) is 6.39. The summed E-state index contributed by atoms with van der Waals surface area (Å²) in [5.74, 6) is 1.11. The van der Waals surface area contributed by atoms with Gasteiger partial charge in [-0.1, -0.05) is 54.4 Å². The van der Waals surface area contributed by atoms with Crippen LogP contribution in [-0.2, 0) is 6.54 Å². The number of carbonyl (C=O) groups excluding carboxylic acids is 1. The van der Waals surface area contributed by atoms with Gasteiger partial charge in [0.1, 0.15) is 5.76 Å². The van der Waals surface area contributed by atoms with Crippen LogP contribution in [0.2, 0.25) is 10.0 Å². The van der Waals surface area contributed by atoms with Crippen LogP contribution in [0.5, 0.6) is 0 Å². The maximum atomic E-state index is 13.1. The van der Waals surface area contributed by atoms with E-state index in [-0.39, 0.29) is 18.2 Å². The molecule has 4 aromatic rings. The Morgan fingerprint density at radius 3 is 2.26 bits per heavy atom. The summed E-state index contributed by atoms with van der Waals surface area (Å²) >= 11 is 12.4. The molecule has 2 heterocycles. The number of halogens is 2. The average molecular weight is 456 g/mol. The zero-order valence-corrected chi connectivity index (χ0v) is 18.2. The number of amides is 1. The van der Waals surface area contributed by atoms with Crippen LogP contribution < -0.4 is 0 Å². The van der Waals surface area contributed by atoms with Crippen LogP contribution in [0.4, 0.5) is 0 Å². The summed E-state index contributed by atoms with van der Waals surface area (Å²) in [5, 5.41) is 9.22. The molecular formula is C23H19Cl2N3O3. The first-order valence-corrected chi connectivity index (χ1v) is 10.5. The molecule has 0 aliphatic heterocycles. The van der Waals surface area contributed by atoms with Crippen molar-refractivity contribution in [1.29, 1.82) is 0 Å². The third-order valence-electron chi connectivity index (χ3n) is 4.63. The molecule has 0 fully saturated rings. The Hall–Kier alpha value is -3.09. The molecule has 158 valence electrons. The van der Waals surface area contributed by atoms with Crippen LogP contribution in [0.1, 0.15) is 29.8 Å². The highest BCUT2D eigenvalue weighted by molar-refractivity contribution is 6.33. The lowest BCUT2D eigenvalue weighted by molar-refractivity contribution is 0.0697. The van der Waals surface area contributed by atoms with Crippen LogP contribution in [0.25, 0.3) is 22.8 Å². The smallest absolute Gasteiger partial charge is 0.290 e. The van der Waals surface area contributed by atoms with Crippen molar-refractivity contribution < 1.29 is 13.6 Å². The van der Waals surface area contributed by atoms with E-state index in [2.05, 4.69) is 10.2 Å². The zero-order valence-electron chi connectivity index (χ0n) is 16.7. The van der Waals surface area contributed by atoms with Crippen LogP contribution >= 0.6 is 23.2 Å². The van der Waals surface area contributed by atoms with Crippen molar-refractivity contribution in [2.45, 2.75) is 19.9 Å². The maximum absolute atomic E-state index is 13.1. The Morgan fingerprint density at radius 2 is 1.58 bits per heavy atom. The van der Waals surface area contributed by atoms with E-state index >= 15 is 0 Å². The molecule has 0 atom stereocenters. The van der Waals surface area contributed by atoms with E-state index in [9.17, 15) is 4.79 Å². The van der Waals surface area contributed by atoms with Crippen molar-refractivity contribution in [2.75, 3.05) is 6.54 Å². The summed E-state index contributed by atoms with van der Waals surface area (Å²) < 4.78 is 11.6. The molecule has 0 saturated heterocycles. The second-order valence-corrected chi connectivity index (χ2v) is 7.67. The van der Waals surface area contributed by atoms with E-state index in [1.54, 1.807) is 35.2 Å². The van der Waals surface area contributed by atoms with E-state index in [0.717, 1.165) is 12.0 Å². The van der Waals surface area contributed by atoms with E-state index in [1.165, 1.54) is 0 Å². The first-order valence-electron chi connectivity index (χ1n) is 9.78. The summed E-state index contributed by atoms with van der Waals surface area (Å²) in [4.78, 5) is 14.7. The summed E-state index contributed by atoms with van der Waals surface area (Å²) in [7, 11) is 0. The number of hydrogen-bond donors (Lipinski definition) is 0. The Balaban J connectivity index is 1.54. The summed E-state index contributed by atoms with van der Waals surface area (Å²) in [6.07, 6.45) is 0.759. The number of nitrogens with zero attached hydrogens (tertiary/aromatic N) is 3. The molecule has 0 unspecified atom stereocenters. The van der Waals surface area contributed by atoms with Gasteiger partial charge < -0.3 is 13.7 Å². The highest BCUT2D eigenvalue weighted by Gasteiger charge is 2.22. The van der Waals surface area contributed by atoms with E-state index in [0.29, 0.717) is 39.7 Å². The minimum Gasteiger partial charge on any atom is -0.451 e. The van der Waals surface area contributed by atoms with E-state index in [1.807, 2.05) is 37.3 Å². The molecule has 6 nitrogen and oxygen atoms in total. The standard InChI is InChI=1S/C23H19Cl2N3O3/c1-2-13-28(14-21-26-27-22(31-21)16-8-4-6-10-18(16)25)23(29)20-12-11-19(30-20)15-7-3-5-9-17(15)24/h3-12H,2,13-14H2,1H3. The topological polar surface area (TPSA) is 72.4 Å². The van der Waals surface area contributed by atoms with Crippen LogP contribution in [-0.4, -0.2) is 27.5 Å². The molecule has 0 radical (unpaired) electrons. The van der Waals surface area contributed by atoms with Gasteiger partial charge in [-0.25, -0.2) is 0 Å². The van der Waals surface area contributed by atoms with Gasteiger partial charge in [0, 0.05) is 12.1 Å².